The fourth-order valence-corrected chi connectivity index (χ4v) is 1.77. The number of carbonyl (C=O) groups excluding carboxylic acids is 2. The van der Waals surface area contributed by atoms with E-state index >= 15 is 0 Å². The minimum Gasteiger partial charge on any atom is -0.299 e. The van der Waals surface area contributed by atoms with Crippen molar-refractivity contribution in [3.63, 3.8) is 0 Å². The summed E-state index contributed by atoms with van der Waals surface area (Å²) in [5.41, 5.74) is 0. The molecule has 0 N–H and O–H groups in total. The molecule has 0 heterocycles. The molecule has 2 nitrogen and oxygen atoms in total. The third kappa shape index (κ3) is 2.43. The summed E-state index contributed by atoms with van der Waals surface area (Å²) in [6.45, 7) is 1.53. The van der Waals surface area contributed by atoms with Crippen molar-refractivity contribution in [1.29, 1.82) is 0 Å². The molecule has 68 valence electrons. The third-order valence-electron chi connectivity index (χ3n) is 2.55. The van der Waals surface area contributed by atoms with Crippen molar-refractivity contribution in [3.05, 3.63) is 0 Å². The van der Waals surface area contributed by atoms with E-state index in [2.05, 4.69) is 0 Å². The van der Waals surface area contributed by atoms with Crippen molar-refractivity contribution < 1.29 is 9.59 Å². The Morgan fingerprint density at radius 1 is 1.25 bits per heavy atom. The first kappa shape index (κ1) is 9.43. The lowest BCUT2D eigenvalue weighted by molar-refractivity contribution is -0.132. The van der Waals surface area contributed by atoms with Crippen molar-refractivity contribution in [2.75, 3.05) is 0 Å². The molecule has 1 rings (SSSR count). The highest BCUT2D eigenvalue weighted by Crippen LogP contribution is 2.19. The summed E-state index contributed by atoms with van der Waals surface area (Å²) in [4.78, 5) is 22.4. The fourth-order valence-electron chi connectivity index (χ4n) is 1.77. The minimum absolute atomic E-state index is 0.0573. The van der Waals surface area contributed by atoms with Gasteiger partial charge in [0.15, 0.2) is 0 Å². The third-order valence-corrected chi connectivity index (χ3v) is 2.55. The molecule has 0 radical (unpaired) electrons. The van der Waals surface area contributed by atoms with Crippen LogP contribution in [-0.2, 0) is 9.59 Å². The Labute approximate surface area is 73.3 Å². The van der Waals surface area contributed by atoms with Gasteiger partial charge in [-0.15, -0.1) is 0 Å². The normalized spacial score (nSPS) is 26.1. The van der Waals surface area contributed by atoms with Gasteiger partial charge in [-0.05, 0) is 19.8 Å². The molecule has 0 aromatic carbocycles. The Bertz CT molecular complexity index is 184. The van der Waals surface area contributed by atoms with Crippen LogP contribution in [0.3, 0.4) is 0 Å². The minimum atomic E-state index is -0.273. The lowest BCUT2D eigenvalue weighted by Gasteiger charge is -2.15. The number of rotatable bonds is 1. The van der Waals surface area contributed by atoms with Gasteiger partial charge in [0.2, 0.25) is 0 Å². The molecule has 2 heteroatoms. The van der Waals surface area contributed by atoms with Gasteiger partial charge in [-0.1, -0.05) is 19.3 Å². The maximum Gasteiger partial charge on any atom is 0.143 e. The zero-order valence-corrected chi connectivity index (χ0v) is 7.64. The van der Waals surface area contributed by atoms with Gasteiger partial charge in [0, 0.05) is 6.42 Å². The zero-order valence-electron chi connectivity index (χ0n) is 7.64. The molecule has 1 fully saturated rings. The van der Waals surface area contributed by atoms with Crippen LogP contribution in [0.25, 0.3) is 0 Å². The molecular weight excluding hydrogens is 152 g/mol. The van der Waals surface area contributed by atoms with Crippen LogP contribution in [0, 0.1) is 5.92 Å². The molecule has 1 aliphatic rings. The van der Waals surface area contributed by atoms with Gasteiger partial charge in [-0.2, -0.15) is 0 Å². The first-order valence-electron chi connectivity index (χ1n) is 4.75. The summed E-state index contributed by atoms with van der Waals surface area (Å²) in [6.07, 6.45) is 5.74. The highest BCUT2D eigenvalue weighted by Gasteiger charge is 2.23. The van der Waals surface area contributed by atoms with E-state index in [0.29, 0.717) is 6.42 Å². The zero-order chi connectivity index (χ0) is 8.97. The van der Waals surface area contributed by atoms with Gasteiger partial charge in [-0.25, -0.2) is 0 Å². The second-order valence-electron chi connectivity index (χ2n) is 3.58. The van der Waals surface area contributed by atoms with Crippen LogP contribution in [0.1, 0.15) is 45.4 Å². The molecule has 1 saturated carbocycles. The van der Waals surface area contributed by atoms with Crippen LogP contribution in [-0.4, -0.2) is 11.6 Å². The van der Waals surface area contributed by atoms with E-state index in [9.17, 15) is 9.59 Å². The lowest BCUT2D eigenvalue weighted by atomic mass is 9.88. The second-order valence-corrected chi connectivity index (χ2v) is 3.58. The topological polar surface area (TPSA) is 34.1 Å². The van der Waals surface area contributed by atoms with Crippen molar-refractivity contribution in [1.82, 2.24) is 0 Å². The highest BCUT2D eigenvalue weighted by molar-refractivity contribution is 6.01. The van der Waals surface area contributed by atoms with Crippen molar-refractivity contribution in [2.24, 2.45) is 5.92 Å². The Hall–Kier alpha value is -0.660. The second kappa shape index (κ2) is 4.39. The molecule has 0 bridgehead atoms. The van der Waals surface area contributed by atoms with E-state index in [0.717, 1.165) is 25.7 Å². The van der Waals surface area contributed by atoms with Gasteiger partial charge < -0.3 is 0 Å². The van der Waals surface area contributed by atoms with Gasteiger partial charge in [0.05, 0.1) is 5.92 Å². The maximum atomic E-state index is 11.4. The fraction of sp³-hybridized carbons (Fsp3) is 0.800. The van der Waals surface area contributed by atoms with E-state index in [-0.39, 0.29) is 17.5 Å². The smallest absolute Gasteiger partial charge is 0.143 e. The number of Topliss-reactive ketones (excluding diaryl/α,β-unsaturated/α-hetero) is 2. The van der Waals surface area contributed by atoms with E-state index in [1.807, 2.05) is 0 Å². The summed E-state index contributed by atoms with van der Waals surface area (Å²) in [5.74, 6) is -0.0469. The molecular formula is C10H16O2. The maximum absolute atomic E-state index is 11.4. The Balaban J connectivity index is 2.55. The van der Waals surface area contributed by atoms with Gasteiger partial charge in [-0.3, -0.25) is 9.59 Å². The molecule has 0 saturated heterocycles. The standard InChI is InChI=1S/C10H16O2/c1-8(11)9-6-4-2-3-5-7-10(9)12/h9H,2-7H2,1H3/t9-/m0/s1. The Kier molecular flexibility index (Phi) is 3.45. The summed E-state index contributed by atoms with van der Waals surface area (Å²) in [7, 11) is 0. The summed E-state index contributed by atoms with van der Waals surface area (Å²) < 4.78 is 0. The predicted molar refractivity (Wildman–Crippen MR) is 46.9 cm³/mol. The number of carbonyl (C=O) groups is 2. The molecule has 0 aromatic heterocycles. The van der Waals surface area contributed by atoms with Crippen molar-refractivity contribution >= 4 is 11.6 Å². The molecule has 0 amide bonds. The molecule has 0 aliphatic heterocycles. The van der Waals surface area contributed by atoms with Crippen LogP contribution in [0.2, 0.25) is 0 Å². The Morgan fingerprint density at radius 2 is 1.92 bits per heavy atom. The molecule has 0 spiro atoms. The Morgan fingerprint density at radius 3 is 2.58 bits per heavy atom. The van der Waals surface area contributed by atoms with Crippen LogP contribution in [0.4, 0.5) is 0 Å². The van der Waals surface area contributed by atoms with Crippen LogP contribution < -0.4 is 0 Å². The largest absolute Gasteiger partial charge is 0.299 e. The van der Waals surface area contributed by atoms with Crippen LogP contribution in [0.5, 0.6) is 0 Å². The highest BCUT2D eigenvalue weighted by atomic mass is 16.1. The summed E-state index contributed by atoms with van der Waals surface area (Å²) >= 11 is 0. The van der Waals surface area contributed by atoms with E-state index in [1.165, 1.54) is 13.3 Å². The summed E-state index contributed by atoms with van der Waals surface area (Å²) in [6, 6.07) is 0. The molecule has 0 aromatic rings. The average molecular weight is 168 g/mol. The van der Waals surface area contributed by atoms with Crippen molar-refractivity contribution in [2.45, 2.75) is 45.4 Å². The number of hydrogen-bond acceptors (Lipinski definition) is 2. The quantitative estimate of drug-likeness (QED) is 0.562. The average Bonchev–Trinajstić information content (AvgIpc) is 1.96. The summed E-state index contributed by atoms with van der Waals surface area (Å²) in [5, 5.41) is 0. The van der Waals surface area contributed by atoms with E-state index in [4.69, 9.17) is 0 Å². The van der Waals surface area contributed by atoms with Crippen molar-refractivity contribution in [3.8, 4) is 0 Å². The van der Waals surface area contributed by atoms with Crippen LogP contribution in [0.15, 0.2) is 0 Å². The monoisotopic (exact) mass is 168 g/mol. The predicted octanol–water partition coefficient (Wildman–Crippen LogP) is 2.11. The van der Waals surface area contributed by atoms with E-state index < -0.39 is 0 Å². The number of hydrogen-bond donors (Lipinski definition) is 0. The molecule has 1 atom stereocenters. The first-order valence-corrected chi connectivity index (χ1v) is 4.75. The first-order chi connectivity index (χ1) is 5.72. The molecule has 1 aliphatic carbocycles. The van der Waals surface area contributed by atoms with Gasteiger partial charge >= 0.3 is 0 Å². The van der Waals surface area contributed by atoms with Gasteiger partial charge in [0.25, 0.3) is 0 Å². The SMILES string of the molecule is CC(=O)[C@@H]1CCCCCCC1=O. The lowest BCUT2D eigenvalue weighted by Crippen LogP contribution is -2.22. The molecule has 0 unspecified atom stereocenters. The van der Waals surface area contributed by atoms with Gasteiger partial charge in [0.1, 0.15) is 11.6 Å². The van der Waals surface area contributed by atoms with E-state index in [1.54, 1.807) is 0 Å². The van der Waals surface area contributed by atoms with Crippen LogP contribution >= 0.6 is 0 Å². The number of ketones is 2. The molecule has 12 heavy (non-hydrogen) atoms.